The Morgan fingerprint density at radius 1 is 1.83 bits per heavy atom. The molecule has 0 bridgehead atoms. The molecular formula is C4H10ClN. The fourth-order valence-corrected chi connectivity index (χ4v) is 0.189. The third kappa shape index (κ3) is 2.49. The van der Waals surface area contributed by atoms with Gasteiger partial charge in [0.05, 0.1) is 0 Å². The van der Waals surface area contributed by atoms with Crippen molar-refractivity contribution in [1.82, 2.24) is 0 Å². The first-order valence-corrected chi connectivity index (χ1v) is 2.60. The van der Waals surface area contributed by atoms with Crippen LogP contribution in [0, 0.1) is 5.92 Å². The summed E-state index contributed by atoms with van der Waals surface area (Å²) in [6.45, 7) is 2.72. The van der Waals surface area contributed by atoms with Crippen molar-refractivity contribution in [3.63, 3.8) is 0 Å². The van der Waals surface area contributed by atoms with Crippen LogP contribution >= 0.6 is 11.6 Å². The highest BCUT2D eigenvalue weighted by Crippen LogP contribution is 1.91. The summed E-state index contributed by atoms with van der Waals surface area (Å²) in [7, 11) is 0. The van der Waals surface area contributed by atoms with Gasteiger partial charge in [-0.1, -0.05) is 6.92 Å². The molecular weight excluding hydrogens is 97.5 g/mol. The van der Waals surface area contributed by atoms with Crippen LogP contribution in [0.3, 0.4) is 0 Å². The molecule has 0 saturated heterocycles. The quantitative estimate of drug-likeness (QED) is 0.520. The summed E-state index contributed by atoms with van der Waals surface area (Å²) in [5.74, 6) is 1.16. The van der Waals surface area contributed by atoms with Crippen LogP contribution in [-0.2, 0) is 0 Å². The van der Waals surface area contributed by atoms with Crippen molar-refractivity contribution in [3.8, 4) is 0 Å². The lowest BCUT2D eigenvalue weighted by atomic mass is 10.2. The van der Waals surface area contributed by atoms with Crippen LogP contribution in [0.15, 0.2) is 0 Å². The van der Waals surface area contributed by atoms with Crippen molar-refractivity contribution in [3.05, 3.63) is 0 Å². The first kappa shape index (κ1) is 6.25. The van der Waals surface area contributed by atoms with Gasteiger partial charge in [-0.25, -0.2) is 0 Å². The van der Waals surface area contributed by atoms with Crippen molar-refractivity contribution in [2.75, 3.05) is 12.4 Å². The molecule has 38 valence electrons. The van der Waals surface area contributed by atoms with E-state index >= 15 is 0 Å². The van der Waals surface area contributed by atoms with E-state index in [0.29, 0.717) is 18.3 Å². The van der Waals surface area contributed by atoms with Gasteiger partial charge in [0.2, 0.25) is 0 Å². The maximum Gasteiger partial charge on any atom is 0.0261 e. The zero-order chi connectivity index (χ0) is 4.99. The summed E-state index contributed by atoms with van der Waals surface area (Å²) < 4.78 is 0. The summed E-state index contributed by atoms with van der Waals surface area (Å²) >= 11 is 5.37. The minimum absolute atomic E-state index is 0.478. The molecule has 6 heavy (non-hydrogen) atoms. The lowest BCUT2D eigenvalue weighted by molar-refractivity contribution is 0.671. The number of rotatable bonds is 2. The van der Waals surface area contributed by atoms with Crippen molar-refractivity contribution >= 4 is 11.6 Å². The van der Waals surface area contributed by atoms with Gasteiger partial charge >= 0.3 is 0 Å². The SMILES string of the molecule is C[C@@H](CN)CCl. The fourth-order valence-electron chi connectivity index (χ4n) is 0.0630. The second-order valence-electron chi connectivity index (χ2n) is 1.50. The van der Waals surface area contributed by atoms with E-state index in [2.05, 4.69) is 0 Å². The third-order valence-electron chi connectivity index (χ3n) is 0.666. The maximum atomic E-state index is 5.37. The molecule has 2 heteroatoms. The minimum atomic E-state index is 0.478. The largest absolute Gasteiger partial charge is 0.330 e. The van der Waals surface area contributed by atoms with Crippen LogP contribution in [0.5, 0.6) is 0 Å². The average molecular weight is 108 g/mol. The molecule has 0 aliphatic carbocycles. The van der Waals surface area contributed by atoms with E-state index in [9.17, 15) is 0 Å². The Hall–Kier alpha value is 0.250. The molecule has 0 saturated carbocycles. The zero-order valence-corrected chi connectivity index (χ0v) is 4.70. The summed E-state index contributed by atoms with van der Waals surface area (Å²) in [6.07, 6.45) is 0. The first-order chi connectivity index (χ1) is 2.81. The molecule has 1 nitrogen and oxygen atoms in total. The van der Waals surface area contributed by atoms with E-state index in [1.807, 2.05) is 6.92 Å². The highest BCUT2D eigenvalue weighted by Gasteiger charge is 1.90. The summed E-state index contributed by atoms with van der Waals surface area (Å²) in [4.78, 5) is 0. The van der Waals surface area contributed by atoms with Crippen LogP contribution < -0.4 is 5.73 Å². The van der Waals surface area contributed by atoms with E-state index in [1.54, 1.807) is 0 Å². The van der Waals surface area contributed by atoms with Gasteiger partial charge in [-0.2, -0.15) is 0 Å². The molecule has 0 aliphatic heterocycles. The smallest absolute Gasteiger partial charge is 0.0261 e. The third-order valence-corrected chi connectivity index (χ3v) is 1.19. The summed E-state index contributed by atoms with van der Waals surface area (Å²) in [5.41, 5.74) is 5.20. The lowest BCUT2D eigenvalue weighted by Gasteiger charge is -1.97. The van der Waals surface area contributed by atoms with Crippen LogP contribution in [0.4, 0.5) is 0 Å². The number of halogens is 1. The van der Waals surface area contributed by atoms with Gasteiger partial charge in [0, 0.05) is 5.88 Å². The minimum Gasteiger partial charge on any atom is -0.330 e. The van der Waals surface area contributed by atoms with E-state index < -0.39 is 0 Å². The maximum absolute atomic E-state index is 5.37. The Labute approximate surface area is 43.5 Å². The van der Waals surface area contributed by atoms with Crippen LogP contribution in [0.2, 0.25) is 0 Å². The van der Waals surface area contributed by atoms with Crippen LogP contribution in [-0.4, -0.2) is 12.4 Å². The molecule has 0 aromatic heterocycles. The first-order valence-electron chi connectivity index (χ1n) is 2.07. The molecule has 2 N–H and O–H groups in total. The Kier molecular flexibility index (Phi) is 3.58. The molecule has 0 aromatic rings. The molecule has 0 aliphatic rings. The van der Waals surface area contributed by atoms with Gasteiger partial charge in [0.15, 0.2) is 0 Å². The number of hydrogen-bond acceptors (Lipinski definition) is 1. The van der Waals surface area contributed by atoms with E-state index in [4.69, 9.17) is 17.3 Å². The van der Waals surface area contributed by atoms with Gasteiger partial charge in [0.1, 0.15) is 0 Å². The van der Waals surface area contributed by atoms with Gasteiger partial charge in [0.25, 0.3) is 0 Å². The number of hydrogen-bond donors (Lipinski definition) is 1. The molecule has 0 heterocycles. The van der Waals surface area contributed by atoms with Crippen molar-refractivity contribution in [1.29, 1.82) is 0 Å². The van der Waals surface area contributed by atoms with Gasteiger partial charge in [-0.05, 0) is 12.5 Å². The van der Waals surface area contributed by atoms with Crippen molar-refractivity contribution in [2.45, 2.75) is 6.92 Å². The lowest BCUT2D eigenvalue weighted by Crippen LogP contribution is -2.11. The number of nitrogens with two attached hydrogens (primary N) is 1. The van der Waals surface area contributed by atoms with E-state index in [-0.39, 0.29) is 0 Å². The molecule has 0 spiro atoms. The fraction of sp³-hybridized carbons (Fsp3) is 1.00. The summed E-state index contributed by atoms with van der Waals surface area (Å²) in [6, 6.07) is 0. The predicted molar refractivity (Wildman–Crippen MR) is 28.9 cm³/mol. The van der Waals surface area contributed by atoms with Crippen LogP contribution in [0.25, 0.3) is 0 Å². The van der Waals surface area contributed by atoms with Crippen LogP contribution in [0.1, 0.15) is 6.92 Å². The number of alkyl halides is 1. The van der Waals surface area contributed by atoms with E-state index in [1.165, 1.54) is 0 Å². The Balaban J connectivity index is 2.75. The average Bonchev–Trinajstić information content (AvgIpc) is 1.65. The second-order valence-corrected chi connectivity index (χ2v) is 1.80. The second kappa shape index (κ2) is 3.44. The highest BCUT2D eigenvalue weighted by atomic mass is 35.5. The molecule has 0 radical (unpaired) electrons. The normalized spacial score (nSPS) is 14.5. The molecule has 0 unspecified atom stereocenters. The van der Waals surface area contributed by atoms with Crippen molar-refractivity contribution in [2.24, 2.45) is 11.7 Å². The molecule has 0 fully saturated rings. The Morgan fingerprint density at radius 3 is 2.33 bits per heavy atom. The molecule has 0 amide bonds. The zero-order valence-electron chi connectivity index (χ0n) is 3.95. The van der Waals surface area contributed by atoms with E-state index in [0.717, 1.165) is 0 Å². The summed E-state index contributed by atoms with van der Waals surface area (Å²) in [5, 5.41) is 0. The monoisotopic (exact) mass is 107 g/mol. The molecule has 0 aromatic carbocycles. The topological polar surface area (TPSA) is 26.0 Å². The highest BCUT2D eigenvalue weighted by molar-refractivity contribution is 6.18. The van der Waals surface area contributed by atoms with Gasteiger partial charge < -0.3 is 5.73 Å². The predicted octanol–water partition coefficient (Wildman–Crippen LogP) is 0.820. The molecule has 0 rings (SSSR count). The van der Waals surface area contributed by atoms with Crippen molar-refractivity contribution < 1.29 is 0 Å². The van der Waals surface area contributed by atoms with Gasteiger partial charge in [-0.15, -0.1) is 11.6 Å². The Bertz CT molecular complexity index is 26.7. The standard InChI is InChI=1S/C4H10ClN/c1-4(2-5)3-6/h4H,2-3,6H2,1H3/t4-/m1/s1. The molecule has 1 atom stereocenters. The van der Waals surface area contributed by atoms with Gasteiger partial charge in [-0.3, -0.25) is 0 Å². The Morgan fingerprint density at radius 2 is 2.33 bits per heavy atom.